The lowest BCUT2D eigenvalue weighted by atomic mass is 9.99. The van der Waals surface area contributed by atoms with Crippen molar-refractivity contribution < 1.29 is 4.74 Å². The van der Waals surface area contributed by atoms with E-state index in [1.807, 2.05) is 43.3 Å². The first-order chi connectivity index (χ1) is 10.1. The van der Waals surface area contributed by atoms with Crippen molar-refractivity contribution in [1.29, 1.82) is 0 Å². The van der Waals surface area contributed by atoms with Gasteiger partial charge in [0.15, 0.2) is 0 Å². The van der Waals surface area contributed by atoms with Gasteiger partial charge in [0.2, 0.25) is 0 Å². The van der Waals surface area contributed by atoms with Gasteiger partial charge in [-0.1, -0.05) is 41.4 Å². The maximum Gasteiger partial charge on any atom is 0.119 e. The maximum atomic E-state index is 6.22. The summed E-state index contributed by atoms with van der Waals surface area (Å²) >= 11 is 12.1. The molecule has 0 fully saturated rings. The van der Waals surface area contributed by atoms with Crippen LogP contribution >= 0.6 is 23.2 Å². The lowest BCUT2D eigenvalue weighted by molar-refractivity contribution is 0.339. The standard InChI is InChI=1S/C16H18Cl2N2O/c1-2-21-14-5-3-4-12(8-14)16(20-19)9-11-6-7-13(17)10-15(11)18/h3-8,10,16,20H,2,9,19H2,1H3. The van der Waals surface area contributed by atoms with Crippen LogP contribution in [0.2, 0.25) is 10.0 Å². The van der Waals surface area contributed by atoms with Crippen molar-refractivity contribution in [2.75, 3.05) is 6.61 Å². The highest BCUT2D eigenvalue weighted by atomic mass is 35.5. The van der Waals surface area contributed by atoms with Crippen LogP contribution in [0.5, 0.6) is 5.75 Å². The number of ether oxygens (including phenoxy) is 1. The lowest BCUT2D eigenvalue weighted by Crippen LogP contribution is -2.29. The van der Waals surface area contributed by atoms with Gasteiger partial charge in [0.1, 0.15) is 5.75 Å². The van der Waals surface area contributed by atoms with Crippen molar-refractivity contribution >= 4 is 23.2 Å². The molecule has 1 unspecified atom stereocenters. The van der Waals surface area contributed by atoms with Crippen molar-refractivity contribution in [3.05, 3.63) is 63.6 Å². The third kappa shape index (κ3) is 4.35. The van der Waals surface area contributed by atoms with Crippen molar-refractivity contribution in [1.82, 2.24) is 5.43 Å². The molecule has 0 aromatic heterocycles. The molecule has 1 atom stereocenters. The van der Waals surface area contributed by atoms with E-state index in [0.717, 1.165) is 16.9 Å². The first-order valence-electron chi connectivity index (χ1n) is 6.77. The minimum Gasteiger partial charge on any atom is -0.494 e. The Kier molecular flexibility index (Phi) is 5.88. The molecule has 0 saturated carbocycles. The van der Waals surface area contributed by atoms with Crippen LogP contribution in [-0.4, -0.2) is 6.61 Å². The first-order valence-corrected chi connectivity index (χ1v) is 7.52. The molecule has 0 saturated heterocycles. The molecule has 0 aliphatic rings. The smallest absolute Gasteiger partial charge is 0.119 e. The monoisotopic (exact) mass is 324 g/mol. The van der Waals surface area contributed by atoms with E-state index in [0.29, 0.717) is 23.1 Å². The van der Waals surface area contributed by atoms with Crippen molar-refractivity contribution in [2.24, 2.45) is 5.84 Å². The van der Waals surface area contributed by atoms with E-state index in [1.54, 1.807) is 6.07 Å². The van der Waals surface area contributed by atoms with Gasteiger partial charge in [-0.15, -0.1) is 0 Å². The van der Waals surface area contributed by atoms with Crippen molar-refractivity contribution in [2.45, 2.75) is 19.4 Å². The highest BCUT2D eigenvalue weighted by Gasteiger charge is 2.13. The molecule has 0 heterocycles. The zero-order valence-corrected chi connectivity index (χ0v) is 13.3. The van der Waals surface area contributed by atoms with Crippen LogP contribution in [0.4, 0.5) is 0 Å². The van der Waals surface area contributed by atoms with E-state index >= 15 is 0 Å². The Hall–Kier alpha value is -1.26. The number of nitrogens with one attached hydrogen (secondary N) is 1. The fourth-order valence-corrected chi connectivity index (χ4v) is 2.65. The van der Waals surface area contributed by atoms with Crippen LogP contribution in [0.1, 0.15) is 24.1 Å². The summed E-state index contributed by atoms with van der Waals surface area (Å²) in [5.74, 6) is 6.53. The summed E-state index contributed by atoms with van der Waals surface area (Å²) in [5, 5.41) is 1.27. The van der Waals surface area contributed by atoms with Crippen LogP contribution in [0, 0.1) is 0 Å². The summed E-state index contributed by atoms with van der Waals surface area (Å²) in [6.07, 6.45) is 0.669. The number of benzene rings is 2. The molecule has 2 aromatic rings. The molecule has 0 spiro atoms. The topological polar surface area (TPSA) is 47.3 Å². The lowest BCUT2D eigenvalue weighted by Gasteiger charge is -2.18. The molecule has 3 N–H and O–H groups in total. The van der Waals surface area contributed by atoms with Gasteiger partial charge >= 0.3 is 0 Å². The van der Waals surface area contributed by atoms with Gasteiger partial charge in [-0.2, -0.15) is 0 Å². The van der Waals surface area contributed by atoms with Gasteiger partial charge in [0.25, 0.3) is 0 Å². The van der Waals surface area contributed by atoms with Crippen LogP contribution in [0.25, 0.3) is 0 Å². The minimum atomic E-state index is -0.0518. The Morgan fingerprint density at radius 2 is 2.00 bits per heavy atom. The molecule has 3 nitrogen and oxygen atoms in total. The van der Waals surface area contributed by atoms with Gasteiger partial charge in [0.05, 0.1) is 12.6 Å². The fraction of sp³-hybridized carbons (Fsp3) is 0.250. The number of rotatable bonds is 6. The van der Waals surface area contributed by atoms with E-state index in [-0.39, 0.29) is 6.04 Å². The second kappa shape index (κ2) is 7.66. The van der Waals surface area contributed by atoms with Crippen LogP contribution in [0.3, 0.4) is 0 Å². The summed E-state index contributed by atoms with van der Waals surface area (Å²) in [5.41, 5.74) is 4.87. The van der Waals surface area contributed by atoms with Gasteiger partial charge in [-0.25, -0.2) is 0 Å². The Bertz CT molecular complexity index is 605. The summed E-state index contributed by atoms with van der Waals surface area (Å²) in [7, 11) is 0. The number of hydrogen-bond acceptors (Lipinski definition) is 3. The Morgan fingerprint density at radius 3 is 2.67 bits per heavy atom. The number of nitrogens with two attached hydrogens (primary N) is 1. The quantitative estimate of drug-likeness (QED) is 0.620. The molecule has 21 heavy (non-hydrogen) atoms. The Labute approximate surface area is 135 Å². The van der Waals surface area contributed by atoms with E-state index in [1.165, 1.54) is 0 Å². The normalized spacial score (nSPS) is 12.2. The Balaban J connectivity index is 2.21. The second-order valence-corrected chi connectivity index (χ2v) is 5.51. The molecule has 2 rings (SSSR count). The third-order valence-corrected chi connectivity index (χ3v) is 3.80. The molecule has 0 aliphatic carbocycles. The highest BCUT2D eigenvalue weighted by molar-refractivity contribution is 6.35. The third-order valence-electron chi connectivity index (χ3n) is 3.21. The summed E-state index contributed by atoms with van der Waals surface area (Å²) in [6, 6.07) is 13.3. The summed E-state index contributed by atoms with van der Waals surface area (Å²) < 4.78 is 5.52. The van der Waals surface area contributed by atoms with Crippen molar-refractivity contribution in [3.63, 3.8) is 0 Å². The Morgan fingerprint density at radius 1 is 1.19 bits per heavy atom. The van der Waals surface area contributed by atoms with Gasteiger partial charge in [-0.05, 0) is 48.7 Å². The molecule has 112 valence electrons. The van der Waals surface area contributed by atoms with Crippen molar-refractivity contribution in [3.8, 4) is 5.75 Å². The number of hydrogen-bond donors (Lipinski definition) is 2. The van der Waals surface area contributed by atoms with Gasteiger partial charge in [-0.3, -0.25) is 11.3 Å². The van der Waals surface area contributed by atoms with E-state index in [9.17, 15) is 0 Å². The van der Waals surface area contributed by atoms with Crippen LogP contribution in [-0.2, 0) is 6.42 Å². The zero-order valence-electron chi connectivity index (χ0n) is 11.8. The summed E-state index contributed by atoms with van der Waals surface area (Å²) in [4.78, 5) is 0. The van der Waals surface area contributed by atoms with E-state index in [4.69, 9.17) is 33.8 Å². The molecule has 0 bridgehead atoms. The minimum absolute atomic E-state index is 0.0518. The predicted molar refractivity (Wildman–Crippen MR) is 87.8 cm³/mol. The van der Waals surface area contributed by atoms with Gasteiger partial charge < -0.3 is 4.74 Å². The molecule has 0 aliphatic heterocycles. The first kappa shape index (κ1) is 16.1. The summed E-state index contributed by atoms with van der Waals surface area (Å²) in [6.45, 7) is 2.59. The molecule has 2 aromatic carbocycles. The molecular weight excluding hydrogens is 307 g/mol. The molecule has 0 radical (unpaired) electrons. The molecule has 0 amide bonds. The highest BCUT2D eigenvalue weighted by Crippen LogP contribution is 2.27. The average Bonchev–Trinajstić information content (AvgIpc) is 2.47. The SMILES string of the molecule is CCOc1cccc(C(Cc2ccc(Cl)cc2Cl)NN)c1. The van der Waals surface area contributed by atoms with E-state index in [2.05, 4.69) is 5.43 Å². The number of hydrazine groups is 1. The van der Waals surface area contributed by atoms with E-state index < -0.39 is 0 Å². The molecular formula is C16H18Cl2N2O. The predicted octanol–water partition coefficient (Wildman–Crippen LogP) is 4.14. The number of halogens is 2. The maximum absolute atomic E-state index is 6.22. The van der Waals surface area contributed by atoms with Crippen LogP contribution in [0.15, 0.2) is 42.5 Å². The van der Waals surface area contributed by atoms with Crippen LogP contribution < -0.4 is 16.0 Å². The molecule has 5 heteroatoms. The fourth-order valence-electron chi connectivity index (χ4n) is 2.17. The largest absolute Gasteiger partial charge is 0.494 e. The zero-order chi connectivity index (χ0) is 15.2. The second-order valence-electron chi connectivity index (χ2n) is 4.66. The average molecular weight is 325 g/mol. The van der Waals surface area contributed by atoms with Gasteiger partial charge in [0, 0.05) is 10.0 Å².